The van der Waals surface area contributed by atoms with E-state index in [4.69, 9.17) is 9.72 Å². The number of aryl methyl sites for hydroxylation is 1. The highest BCUT2D eigenvalue weighted by Crippen LogP contribution is 2.43. The van der Waals surface area contributed by atoms with E-state index in [1.165, 1.54) is 4.90 Å². The number of nitrogens with zero attached hydrogens (tertiary/aromatic N) is 4. The zero-order valence-electron chi connectivity index (χ0n) is 24.9. The lowest BCUT2D eigenvalue weighted by molar-refractivity contribution is -0.162. The van der Waals surface area contributed by atoms with Gasteiger partial charge in [-0.25, -0.2) is 9.78 Å². The third-order valence-electron chi connectivity index (χ3n) is 8.73. The smallest absolute Gasteiger partial charge is 0.408 e. The van der Waals surface area contributed by atoms with Gasteiger partial charge in [-0.15, -0.1) is 0 Å². The van der Waals surface area contributed by atoms with Gasteiger partial charge in [0.2, 0.25) is 5.91 Å². The van der Waals surface area contributed by atoms with Crippen molar-refractivity contribution in [2.45, 2.75) is 115 Å². The minimum Gasteiger partial charge on any atom is -0.444 e. The zero-order valence-corrected chi connectivity index (χ0v) is 24.9. The number of alkyl carbamates (subject to hydrolysis) is 1. The van der Waals surface area contributed by atoms with E-state index in [9.17, 15) is 22.8 Å². The summed E-state index contributed by atoms with van der Waals surface area (Å²) in [5, 5.41) is 3.08. The first kappa shape index (κ1) is 30.4. The second-order valence-electron chi connectivity index (χ2n) is 12.9. The third kappa shape index (κ3) is 7.10. The highest BCUT2D eigenvalue weighted by Gasteiger charge is 2.43. The number of hydrogen-bond donors (Lipinski definition) is 1. The molecule has 2 bridgehead atoms. The molecule has 2 fully saturated rings. The van der Waals surface area contributed by atoms with E-state index in [1.807, 2.05) is 58.0 Å². The summed E-state index contributed by atoms with van der Waals surface area (Å²) >= 11 is 0. The Hall–Kier alpha value is -3.08. The summed E-state index contributed by atoms with van der Waals surface area (Å²) in [7, 11) is 0. The molecule has 1 aromatic heterocycles. The number of carbonyl (C=O) groups is 2. The Kier molecular flexibility index (Phi) is 8.60. The lowest BCUT2D eigenvalue weighted by Crippen LogP contribution is -2.45. The number of amides is 2. The first-order valence-electron chi connectivity index (χ1n) is 15.0. The summed E-state index contributed by atoms with van der Waals surface area (Å²) in [5.74, 6) is -0.00456. The Bertz CT molecular complexity index is 1260. The van der Waals surface area contributed by atoms with Crippen LogP contribution in [0.5, 0.6) is 0 Å². The third-order valence-corrected chi connectivity index (χ3v) is 8.73. The molecule has 1 N–H and O–H groups in total. The molecule has 230 valence electrons. The molecule has 3 atom stereocenters. The molecule has 3 aliphatic rings. The van der Waals surface area contributed by atoms with Crippen LogP contribution in [0.15, 0.2) is 30.3 Å². The fourth-order valence-electron chi connectivity index (χ4n) is 7.05. The highest BCUT2D eigenvalue weighted by molar-refractivity contribution is 5.77. The summed E-state index contributed by atoms with van der Waals surface area (Å²) in [4.78, 5) is 33.7. The molecule has 3 aliphatic heterocycles. The molecule has 0 saturated carbocycles. The molecule has 11 heteroatoms. The number of rotatable bonds is 7. The number of hydrogen-bond acceptors (Lipinski definition) is 5. The molecular weight excluding hydrogens is 547 g/mol. The summed E-state index contributed by atoms with van der Waals surface area (Å²) in [5.41, 5.74) is 2.24. The Morgan fingerprint density at radius 3 is 2.36 bits per heavy atom. The van der Waals surface area contributed by atoms with Crippen molar-refractivity contribution in [1.82, 2.24) is 24.7 Å². The SMILES string of the molecule is Cc1nc2c(n1C1CC3CCC(C1)N3CC[C@H](NC(=O)OC(C)(C)C)c1ccccc1)CN(C(=O)CC(F)(F)F)CC2. The van der Waals surface area contributed by atoms with Crippen LogP contribution in [0, 0.1) is 6.92 Å². The number of piperidine rings is 1. The maximum Gasteiger partial charge on any atom is 0.408 e. The van der Waals surface area contributed by atoms with Gasteiger partial charge in [0.1, 0.15) is 17.8 Å². The van der Waals surface area contributed by atoms with Gasteiger partial charge in [0.05, 0.1) is 24.0 Å². The number of nitrogens with one attached hydrogen (secondary N) is 1. The van der Waals surface area contributed by atoms with Crippen LogP contribution in [0.2, 0.25) is 0 Å². The van der Waals surface area contributed by atoms with Gasteiger partial charge in [0, 0.05) is 37.6 Å². The Labute approximate surface area is 245 Å². The van der Waals surface area contributed by atoms with E-state index in [0.29, 0.717) is 18.5 Å². The average Bonchev–Trinajstić information content (AvgIpc) is 3.34. The highest BCUT2D eigenvalue weighted by atomic mass is 19.4. The van der Waals surface area contributed by atoms with Gasteiger partial charge in [-0.2, -0.15) is 13.2 Å². The van der Waals surface area contributed by atoms with Gasteiger partial charge in [0.15, 0.2) is 0 Å². The standard InChI is InChI=1S/C31H42F3N5O3/c1-20-35-26-12-14-37(28(40)18-31(32,33)34)19-27(26)39(20)24-16-22-10-11-23(17-24)38(22)15-13-25(21-8-6-5-7-9-21)36-29(41)42-30(2,3)4/h5-9,22-25H,10-19H2,1-4H3,(H,36,41)/t22?,23?,24?,25-/m0/s1. The molecule has 8 nitrogen and oxygen atoms in total. The maximum atomic E-state index is 12.9. The number of alkyl halides is 3. The number of fused-ring (bicyclic) bond motifs is 3. The molecule has 0 aliphatic carbocycles. The maximum absolute atomic E-state index is 12.9. The van der Waals surface area contributed by atoms with Crippen molar-refractivity contribution < 1.29 is 27.5 Å². The van der Waals surface area contributed by atoms with Gasteiger partial charge in [-0.05, 0) is 65.4 Å². The molecule has 5 rings (SSSR count). The minimum absolute atomic E-state index is 0.176. The van der Waals surface area contributed by atoms with E-state index >= 15 is 0 Å². The number of ether oxygens (including phenoxy) is 1. The number of halogens is 3. The van der Waals surface area contributed by atoms with Gasteiger partial charge in [-0.3, -0.25) is 9.69 Å². The topological polar surface area (TPSA) is 79.7 Å². The van der Waals surface area contributed by atoms with Crippen molar-refractivity contribution in [3.63, 3.8) is 0 Å². The fraction of sp³-hybridized carbons (Fsp3) is 0.645. The lowest BCUT2D eigenvalue weighted by atomic mass is 9.95. The van der Waals surface area contributed by atoms with Crippen molar-refractivity contribution in [3.05, 3.63) is 53.1 Å². The van der Waals surface area contributed by atoms with Gasteiger partial charge in [0.25, 0.3) is 0 Å². The number of aromatic nitrogens is 2. The monoisotopic (exact) mass is 589 g/mol. The summed E-state index contributed by atoms with van der Waals surface area (Å²) in [6, 6.07) is 10.7. The predicted octanol–water partition coefficient (Wildman–Crippen LogP) is 5.85. The number of imidazole rings is 1. The zero-order chi connectivity index (χ0) is 30.2. The number of carbonyl (C=O) groups excluding carboxylic acids is 2. The van der Waals surface area contributed by atoms with E-state index in [-0.39, 0.29) is 25.2 Å². The van der Waals surface area contributed by atoms with E-state index in [0.717, 1.165) is 61.4 Å². The van der Waals surface area contributed by atoms with Crippen molar-refractivity contribution in [3.8, 4) is 0 Å². The average molecular weight is 590 g/mol. The second kappa shape index (κ2) is 11.9. The van der Waals surface area contributed by atoms with Gasteiger partial charge < -0.3 is 19.5 Å². The lowest BCUT2D eigenvalue weighted by Gasteiger charge is -2.41. The van der Waals surface area contributed by atoms with Crippen LogP contribution < -0.4 is 5.32 Å². The molecule has 2 saturated heterocycles. The molecule has 2 aromatic rings. The normalized spacial score (nSPS) is 23.4. The quantitative estimate of drug-likeness (QED) is 0.438. The van der Waals surface area contributed by atoms with E-state index < -0.39 is 30.2 Å². The van der Waals surface area contributed by atoms with Crippen LogP contribution in [0.3, 0.4) is 0 Å². The van der Waals surface area contributed by atoms with Crippen LogP contribution in [0.1, 0.15) is 94.2 Å². The van der Waals surface area contributed by atoms with Crippen molar-refractivity contribution >= 4 is 12.0 Å². The molecule has 4 heterocycles. The summed E-state index contributed by atoms with van der Waals surface area (Å²) < 4.78 is 46.5. The van der Waals surface area contributed by atoms with Crippen LogP contribution in [-0.4, -0.2) is 68.3 Å². The minimum atomic E-state index is -4.51. The van der Waals surface area contributed by atoms with Gasteiger partial charge >= 0.3 is 12.3 Å². The van der Waals surface area contributed by atoms with E-state index in [2.05, 4.69) is 14.8 Å². The van der Waals surface area contributed by atoms with Crippen LogP contribution in [0.25, 0.3) is 0 Å². The second-order valence-corrected chi connectivity index (χ2v) is 12.9. The van der Waals surface area contributed by atoms with Crippen LogP contribution in [0.4, 0.5) is 18.0 Å². The Morgan fingerprint density at radius 1 is 1.07 bits per heavy atom. The Balaban J connectivity index is 1.26. The molecular formula is C31H42F3N5O3. The predicted molar refractivity (Wildman–Crippen MR) is 152 cm³/mol. The first-order valence-corrected chi connectivity index (χ1v) is 15.0. The molecule has 0 radical (unpaired) electrons. The van der Waals surface area contributed by atoms with E-state index in [1.54, 1.807) is 0 Å². The molecule has 2 amide bonds. The van der Waals surface area contributed by atoms with Crippen LogP contribution >= 0.6 is 0 Å². The summed E-state index contributed by atoms with van der Waals surface area (Å²) in [6.45, 7) is 8.78. The van der Waals surface area contributed by atoms with Crippen LogP contribution in [-0.2, 0) is 22.5 Å². The van der Waals surface area contributed by atoms with Gasteiger partial charge in [-0.1, -0.05) is 30.3 Å². The molecule has 2 unspecified atom stereocenters. The Morgan fingerprint density at radius 2 is 1.74 bits per heavy atom. The first-order chi connectivity index (χ1) is 19.8. The van der Waals surface area contributed by atoms with Crippen molar-refractivity contribution in [2.75, 3.05) is 13.1 Å². The molecule has 0 spiro atoms. The molecule has 42 heavy (non-hydrogen) atoms. The largest absolute Gasteiger partial charge is 0.444 e. The molecule has 1 aromatic carbocycles. The van der Waals surface area contributed by atoms with Crippen molar-refractivity contribution in [2.24, 2.45) is 0 Å². The summed E-state index contributed by atoms with van der Waals surface area (Å²) in [6.07, 6.45) is -1.13. The fourth-order valence-corrected chi connectivity index (χ4v) is 7.05. The number of benzene rings is 1. The van der Waals surface area contributed by atoms with Crippen molar-refractivity contribution in [1.29, 1.82) is 0 Å².